The van der Waals surface area contributed by atoms with E-state index in [1.807, 2.05) is 0 Å². The van der Waals surface area contributed by atoms with E-state index in [1.165, 1.54) is 14.9 Å². The van der Waals surface area contributed by atoms with Gasteiger partial charge >= 0.3 is 5.97 Å². The first kappa shape index (κ1) is 24.4. The fraction of sp³-hybridized carbons (Fsp3) is 0.350. The summed E-state index contributed by atoms with van der Waals surface area (Å²) in [6.45, 7) is 1.90. The maximum absolute atomic E-state index is 13.2. The fourth-order valence-electron chi connectivity index (χ4n) is 3.65. The highest BCUT2D eigenvalue weighted by atomic mass is 35.5. The molecule has 1 atom stereocenters. The van der Waals surface area contributed by atoms with Crippen LogP contribution in [0.5, 0.6) is 0 Å². The van der Waals surface area contributed by atoms with Crippen molar-refractivity contribution in [3.05, 3.63) is 44.5 Å². The number of esters is 1. The van der Waals surface area contributed by atoms with Crippen LogP contribution >= 0.6 is 45.9 Å². The Kier molecular flexibility index (Phi) is 7.27. The number of aromatic nitrogens is 1. The van der Waals surface area contributed by atoms with Gasteiger partial charge in [-0.15, -0.1) is 11.3 Å². The second-order valence-corrected chi connectivity index (χ2v) is 12.0. The molecule has 1 saturated heterocycles. The quantitative estimate of drug-likeness (QED) is 0.435. The number of benzene rings is 1. The maximum Gasteiger partial charge on any atom is 0.326 e. The highest BCUT2D eigenvalue weighted by Gasteiger charge is 2.40. The van der Waals surface area contributed by atoms with Gasteiger partial charge in [0.1, 0.15) is 16.8 Å². The zero-order valence-corrected chi connectivity index (χ0v) is 21.3. The molecule has 1 unspecified atom stereocenters. The lowest BCUT2D eigenvalue weighted by atomic mass is 10.2. The number of nitrogens with zero attached hydrogens (tertiary/aromatic N) is 3. The van der Waals surface area contributed by atoms with E-state index in [0.717, 1.165) is 22.7 Å². The number of amides is 1. The molecule has 8 nitrogen and oxygen atoms in total. The number of rotatable bonds is 6. The van der Waals surface area contributed by atoms with Crippen molar-refractivity contribution in [2.24, 2.45) is 4.99 Å². The Hall–Kier alpha value is -1.76. The number of hydrogen-bond donors (Lipinski definition) is 0. The molecule has 3 heterocycles. The van der Waals surface area contributed by atoms with Gasteiger partial charge in [0.05, 0.1) is 26.9 Å². The molecular formula is C20H19Cl2N3O5S3. The lowest BCUT2D eigenvalue weighted by molar-refractivity contribution is -0.143. The highest BCUT2D eigenvalue weighted by Crippen LogP contribution is 2.32. The second-order valence-electron chi connectivity index (χ2n) is 7.14. The highest BCUT2D eigenvalue weighted by molar-refractivity contribution is 7.91. The summed E-state index contributed by atoms with van der Waals surface area (Å²) in [5.74, 6) is -1.13. The van der Waals surface area contributed by atoms with Crippen LogP contribution in [0.3, 0.4) is 0 Å². The zero-order chi connectivity index (χ0) is 23.8. The number of hydrogen-bond acceptors (Lipinski definition) is 7. The van der Waals surface area contributed by atoms with Crippen molar-refractivity contribution in [3.8, 4) is 0 Å². The number of carbonyl (C=O) groups excluding carboxylic acids is 2. The maximum atomic E-state index is 13.2. The minimum Gasteiger partial charge on any atom is -0.465 e. The van der Waals surface area contributed by atoms with E-state index in [0.29, 0.717) is 33.1 Å². The Morgan fingerprint density at radius 2 is 2.00 bits per heavy atom. The molecule has 176 valence electrons. The average molecular weight is 548 g/mol. The normalized spacial score (nSPS) is 17.7. The van der Waals surface area contributed by atoms with Gasteiger partial charge in [0.2, 0.25) is 0 Å². The lowest BCUT2D eigenvalue weighted by Crippen LogP contribution is -2.40. The van der Waals surface area contributed by atoms with Crippen LogP contribution in [0, 0.1) is 0 Å². The Morgan fingerprint density at radius 1 is 1.24 bits per heavy atom. The molecule has 0 saturated carbocycles. The minimum absolute atomic E-state index is 0.181. The van der Waals surface area contributed by atoms with Gasteiger partial charge in [-0.05, 0) is 43.3 Å². The number of fused-ring (bicyclic) bond motifs is 1. The number of thiophene rings is 1. The zero-order valence-electron chi connectivity index (χ0n) is 17.4. The second kappa shape index (κ2) is 9.85. The predicted molar refractivity (Wildman–Crippen MR) is 128 cm³/mol. The molecule has 13 heteroatoms. The van der Waals surface area contributed by atoms with Crippen molar-refractivity contribution >= 4 is 78.0 Å². The van der Waals surface area contributed by atoms with Crippen molar-refractivity contribution < 1.29 is 22.7 Å². The third kappa shape index (κ3) is 4.75. The number of halogens is 2. The van der Waals surface area contributed by atoms with Crippen LogP contribution in [-0.4, -0.2) is 48.4 Å². The Labute approximate surface area is 208 Å². The summed E-state index contributed by atoms with van der Waals surface area (Å²) in [5, 5.41) is 2.41. The standard InChI is InChI=1S/C20H19Cl2N3O5S3/c1-2-30-15(26)11-24-17-12(21)7-8-13(22)18(17)32-20(24)23-19(27)14-5-3-9-25(14)33(28,29)16-6-4-10-31-16/h4,6-8,10,14H,2-3,5,9,11H2,1H3. The van der Waals surface area contributed by atoms with Crippen molar-refractivity contribution in [3.63, 3.8) is 0 Å². The van der Waals surface area contributed by atoms with Gasteiger partial charge in [-0.3, -0.25) is 9.59 Å². The lowest BCUT2D eigenvalue weighted by Gasteiger charge is -2.20. The van der Waals surface area contributed by atoms with Crippen LogP contribution in [0.2, 0.25) is 10.0 Å². The topological polar surface area (TPSA) is 98.0 Å². The molecule has 4 rings (SSSR count). The minimum atomic E-state index is -3.81. The van der Waals surface area contributed by atoms with E-state index in [1.54, 1.807) is 30.5 Å². The number of ether oxygens (including phenoxy) is 1. The Balaban J connectivity index is 1.78. The van der Waals surface area contributed by atoms with E-state index >= 15 is 0 Å². The van der Waals surface area contributed by atoms with Crippen LogP contribution in [0.4, 0.5) is 0 Å². The van der Waals surface area contributed by atoms with Gasteiger partial charge in [-0.1, -0.05) is 40.6 Å². The van der Waals surface area contributed by atoms with E-state index in [4.69, 9.17) is 27.9 Å². The monoisotopic (exact) mass is 547 g/mol. The van der Waals surface area contributed by atoms with E-state index < -0.39 is 27.9 Å². The van der Waals surface area contributed by atoms with Gasteiger partial charge in [0.25, 0.3) is 15.9 Å². The molecule has 0 aliphatic carbocycles. The number of thiazole rings is 1. The van der Waals surface area contributed by atoms with Crippen LogP contribution < -0.4 is 4.80 Å². The first-order valence-electron chi connectivity index (χ1n) is 10.0. The third-order valence-electron chi connectivity index (χ3n) is 5.07. The third-order valence-corrected chi connectivity index (χ3v) is 10.2. The Morgan fingerprint density at radius 3 is 2.70 bits per heavy atom. The number of carbonyl (C=O) groups is 2. The summed E-state index contributed by atoms with van der Waals surface area (Å²) in [6, 6.07) is 5.45. The molecule has 0 N–H and O–H groups in total. The average Bonchev–Trinajstić information content (AvgIpc) is 3.52. The van der Waals surface area contributed by atoms with Gasteiger partial charge in [0, 0.05) is 6.54 Å². The summed E-state index contributed by atoms with van der Waals surface area (Å²) < 4.78 is 34.5. The molecule has 1 amide bonds. The summed E-state index contributed by atoms with van der Waals surface area (Å²) in [6.07, 6.45) is 0.903. The van der Waals surface area contributed by atoms with Crippen LogP contribution in [0.1, 0.15) is 19.8 Å². The van der Waals surface area contributed by atoms with Crippen LogP contribution in [0.15, 0.2) is 38.8 Å². The van der Waals surface area contributed by atoms with Gasteiger partial charge in [0.15, 0.2) is 4.80 Å². The van der Waals surface area contributed by atoms with Crippen molar-refractivity contribution in [2.45, 2.75) is 36.6 Å². The van der Waals surface area contributed by atoms with Crippen molar-refractivity contribution in [1.82, 2.24) is 8.87 Å². The molecular weight excluding hydrogens is 529 g/mol. The summed E-state index contributed by atoms with van der Waals surface area (Å²) in [4.78, 5) is 29.9. The summed E-state index contributed by atoms with van der Waals surface area (Å²) >= 11 is 14.9. The molecule has 33 heavy (non-hydrogen) atoms. The molecule has 1 aliphatic rings. The Bertz CT molecular complexity index is 1380. The van der Waals surface area contributed by atoms with Gasteiger partial charge in [-0.25, -0.2) is 8.42 Å². The molecule has 0 spiro atoms. The molecule has 2 aromatic heterocycles. The van der Waals surface area contributed by atoms with Crippen LogP contribution in [0.25, 0.3) is 10.2 Å². The molecule has 1 aliphatic heterocycles. The molecule has 1 fully saturated rings. The van der Waals surface area contributed by atoms with Crippen LogP contribution in [-0.2, 0) is 30.9 Å². The summed E-state index contributed by atoms with van der Waals surface area (Å²) in [7, 11) is -3.81. The molecule has 3 aromatic rings. The predicted octanol–water partition coefficient (Wildman–Crippen LogP) is 3.91. The van der Waals surface area contributed by atoms with E-state index in [-0.39, 0.29) is 28.7 Å². The molecule has 0 bridgehead atoms. The summed E-state index contributed by atoms with van der Waals surface area (Å²) in [5.41, 5.74) is 0.461. The van der Waals surface area contributed by atoms with Gasteiger partial charge < -0.3 is 9.30 Å². The van der Waals surface area contributed by atoms with Gasteiger partial charge in [-0.2, -0.15) is 9.30 Å². The van der Waals surface area contributed by atoms with Crippen molar-refractivity contribution in [1.29, 1.82) is 0 Å². The largest absolute Gasteiger partial charge is 0.465 e. The molecule has 1 aromatic carbocycles. The molecule has 0 radical (unpaired) electrons. The van der Waals surface area contributed by atoms with Crippen molar-refractivity contribution in [2.75, 3.05) is 13.2 Å². The van der Waals surface area contributed by atoms with E-state index in [9.17, 15) is 18.0 Å². The number of sulfonamides is 1. The SMILES string of the molecule is CCOC(=O)Cn1c(=NC(=O)C2CCCN2S(=O)(=O)c2cccs2)sc2c(Cl)ccc(Cl)c21. The first-order chi connectivity index (χ1) is 15.7. The smallest absolute Gasteiger partial charge is 0.326 e. The first-order valence-corrected chi connectivity index (χ1v) is 13.9. The fourth-order valence-corrected chi connectivity index (χ4v) is 8.07. The van der Waals surface area contributed by atoms with E-state index in [2.05, 4.69) is 4.99 Å².